The van der Waals surface area contributed by atoms with Crippen LogP contribution in [0.15, 0.2) is 36.1 Å². The topological polar surface area (TPSA) is 83.9 Å². The lowest BCUT2D eigenvalue weighted by atomic mass is 9.82. The van der Waals surface area contributed by atoms with E-state index in [2.05, 4.69) is 0 Å². The van der Waals surface area contributed by atoms with Gasteiger partial charge in [0, 0.05) is 23.2 Å². The number of carbonyl (C=O) groups is 1. The second-order valence-electron chi connectivity index (χ2n) is 8.71. The van der Waals surface area contributed by atoms with Gasteiger partial charge in [0.1, 0.15) is 11.4 Å². The Hall–Kier alpha value is -2.58. The Labute approximate surface area is 197 Å². The predicted octanol–water partition coefficient (Wildman–Crippen LogP) is 5.38. The number of rotatable bonds is 4. The van der Waals surface area contributed by atoms with Gasteiger partial charge < -0.3 is 9.84 Å². The molecule has 9 heteroatoms. The average Bonchev–Trinajstić information content (AvgIpc) is 2.98. The van der Waals surface area contributed by atoms with Crippen molar-refractivity contribution in [3.63, 3.8) is 0 Å². The maximum absolute atomic E-state index is 14.7. The van der Waals surface area contributed by atoms with Gasteiger partial charge in [-0.05, 0) is 74.1 Å². The van der Waals surface area contributed by atoms with Crippen LogP contribution < -0.4 is 4.31 Å². The molecule has 1 N–H and O–H groups in total. The Balaban J connectivity index is 1.80. The summed E-state index contributed by atoms with van der Waals surface area (Å²) in [5, 5.41) is 11.1. The van der Waals surface area contributed by atoms with Crippen molar-refractivity contribution < 1.29 is 27.4 Å². The van der Waals surface area contributed by atoms with Gasteiger partial charge >= 0.3 is 5.97 Å². The van der Waals surface area contributed by atoms with Crippen LogP contribution in [0.2, 0.25) is 5.02 Å². The van der Waals surface area contributed by atoms with E-state index < -0.39 is 27.4 Å². The lowest BCUT2D eigenvalue weighted by Crippen LogP contribution is -2.34. The number of anilines is 1. The number of aryl methyl sites for hydroxylation is 1. The molecule has 4 rings (SSSR count). The molecule has 2 aromatic rings. The Bertz CT molecular complexity index is 1280. The van der Waals surface area contributed by atoms with Gasteiger partial charge in [-0.3, -0.25) is 4.31 Å². The molecule has 1 fully saturated rings. The van der Waals surface area contributed by atoms with Crippen molar-refractivity contribution in [1.82, 2.24) is 0 Å². The number of halogens is 2. The van der Waals surface area contributed by atoms with Gasteiger partial charge in [0.15, 0.2) is 11.4 Å². The number of aliphatic hydroxyl groups excluding tert-OH is 1. The summed E-state index contributed by atoms with van der Waals surface area (Å²) in [5.74, 6) is -1.23. The quantitative estimate of drug-likeness (QED) is 0.578. The lowest BCUT2D eigenvalue weighted by Gasteiger charge is -2.31. The van der Waals surface area contributed by atoms with E-state index in [1.54, 1.807) is 13.0 Å². The number of esters is 1. The highest BCUT2D eigenvalue weighted by atomic mass is 35.5. The molecule has 0 radical (unpaired) electrons. The fraction of sp³-hybridized carbons (Fsp3) is 0.375. The van der Waals surface area contributed by atoms with Gasteiger partial charge in [0.2, 0.25) is 10.0 Å². The Kier molecular flexibility index (Phi) is 5.95. The zero-order valence-electron chi connectivity index (χ0n) is 18.6. The maximum Gasteiger partial charge on any atom is 0.343 e. The Morgan fingerprint density at radius 3 is 2.39 bits per heavy atom. The molecule has 0 unspecified atom stereocenters. The van der Waals surface area contributed by atoms with E-state index in [-0.39, 0.29) is 27.6 Å². The summed E-state index contributed by atoms with van der Waals surface area (Å²) in [4.78, 5) is 12.7. The number of hydrogen-bond donors (Lipinski definition) is 1. The fourth-order valence-electron chi connectivity index (χ4n) is 4.56. The molecule has 2 aromatic carbocycles. The summed E-state index contributed by atoms with van der Waals surface area (Å²) in [6.45, 7) is 1.74. The number of carbonyl (C=O) groups excluding carboxylic acids is 1. The molecule has 0 bridgehead atoms. The first-order valence-electron chi connectivity index (χ1n) is 10.7. The van der Waals surface area contributed by atoms with E-state index in [1.807, 2.05) is 0 Å². The molecule has 1 spiro atoms. The highest BCUT2D eigenvalue weighted by molar-refractivity contribution is 7.92. The maximum atomic E-state index is 14.7. The van der Waals surface area contributed by atoms with Crippen molar-refractivity contribution in [3.8, 4) is 11.1 Å². The summed E-state index contributed by atoms with van der Waals surface area (Å²) in [5.41, 5.74) is 0.899. The first kappa shape index (κ1) is 23.6. The molecule has 2 aliphatic rings. The molecular formula is C24H25ClFNO5S. The molecule has 0 atom stereocenters. The smallest absolute Gasteiger partial charge is 0.343 e. The monoisotopic (exact) mass is 493 g/mol. The van der Waals surface area contributed by atoms with Crippen molar-refractivity contribution in [1.29, 1.82) is 0 Å². The van der Waals surface area contributed by atoms with Gasteiger partial charge in [-0.2, -0.15) is 0 Å². The zero-order valence-corrected chi connectivity index (χ0v) is 20.2. The minimum atomic E-state index is -3.54. The van der Waals surface area contributed by atoms with Crippen LogP contribution in [-0.2, 0) is 19.6 Å². The van der Waals surface area contributed by atoms with E-state index in [0.717, 1.165) is 29.8 Å². The van der Waals surface area contributed by atoms with Crippen LogP contribution in [0.25, 0.3) is 16.7 Å². The first-order valence-corrected chi connectivity index (χ1v) is 12.9. The molecule has 1 aliphatic heterocycles. The first-order chi connectivity index (χ1) is 15.4. The predicted molar refractivity (Wildman–Crippen MR) is 126 cm³/mol. The second-order valence-corrected chi connectivity index (χ2v) is 11.1. The minimum absolute atomic E-state index is 0.0675. The molecule has 176 valence electrons. The third-order valence-electron chi connectivity index (χ3n) is 6.51. The third kappa shape index (κ3) is 4.10. The third-order valence-corrected chi connectivity index (χ3v) is 8.02. The number of sulfonamides is 1. The van der Waals surface area contributed by atoms with Gasteiger partial charge in [-0.25, -0.2) is 17.6 Å². The van der Waals surface area contributed by atoms with E-state index in [1.165, 1.54) is 31.3 Å². The largest absolute Gasteiger partial charge is 0.507 e. The average molecular weight is 494 g/mol. The van der Waals surface area contributed by atoms with Crippen LogP contribution in [0.4, 0.5) is 10.1 Å². The van der Waals surface area contributed by atoms with Crippen LogP contribution in [0, 0.1) is 12.7 Å². The summed E-state index contributed by atoms with van der Waals surface area (Å²) < 4.78 is 45.2. The molecule has 0 amide bonds. The molecule has 33 heavy (non-hydrogen) atoms. The molecule has 1 aliphatic carbocycles. The van der Waals surface area contributed by atoms with Crippen molar-refractivity contribution in [2.24, 2.45) is 0 Å². The summed E-state index contributed by atoms with van der Waals surface area (Å²) in [7, 11) is -2.16. The zero-order chi connectivity index (χ0) is 24.1. The van der Waals surface area contributed by atoms with E-state index in [0.29, 0.717) is 29.5 Å². The van der Waals surface area contributed by atoms with Gasteiger partial charge in [0.25, 0.3) is 0 Å². The van der Waals surface area contributed by atoms with Crippen LogP contribution in [0.5, 0.6) is 0 Å². The highest BCUT2D eigenvalue weighted by Gasteiger charge is 2.49. The molecule has 1 saturated carbocycles. The van der Waals surface area contributed by atoms with Crippen LogP contribution >= 0.6 is 11.6 Å². The van der Waals surface area contributed by atoms with Crippen molar-refractivity contribution in [2.75, 3.05) is 17.6 Å². The van der Waals surface area contributed by atoms with Crippen molar-refractivity contribution in [2.45, 2.75) is 44.6 Å². The van der Waals surface area contributed by atoms with Crippen molar-refractivity contribution >= 4 is 38.9 Å². The highest BCUT2D eigenvalue weighted by Crippen LogP contribution is 2.47. The molecule has 1 heterocycles. The Morgan fingerprint density at radius 2 is 1.76 bits per heavy atom. The van der Waals surface area contributed by atoms with Gasteiger partial charge in [0.05, 0.1) is 11.9 Å². The summed E-state index contributed by atoms with van der Waals surface area (Å²) >= 11 is 6.53. The number of nitrogens with zero attached hydrogens (tertiary/aromatic N) is 1. The molecular weight excluding hydrogens is 469 g/mol. The van der Waals surface area contributed by atoms with E-state index >= 15 is 0 Å². The van der Waals surface area contributed by atoms with Crippen LogP contribution in [0.3, 0.4) is 0 Å². The van der Waals surface area contributed by atoms with Crippen molar-refractivity contribution in [3.05, 3.63) is 58.1 Å². The van der Waals surface area contributed by atoms with E-state index in [9.17, 15) is 22.7 Å². The number of aliphatic hydroxyl groups is 1. The Morgan fingerprint density at radius 1 is 1.09 bits per heavy atom. The summed E-state index contributed by atoms with van der Waals surface area (Å²) in [6.07, 6.45) is 4.96. The summed E-state index contributed by atoms with van der Waals surface area (Å²) in [6, 6.07) is 7.11. The van der Waals surface area contributed by atoms with Crippen LogP contribution in [0.1, 0.15) is 43.2 Å². The molecule has 0 saturated heterocycles. The molecule has 0 aromatic heterocycles. The van der Waals surface area contributed by atoms with Gasteiger partial charge in [-0.15, -0.1) is 0 Å². The SMILES string of the molecule is Cc1cc(-c2cc(N(C)S(C)(=O)=O)ccc2F)c(Cl)cc1C1=C(O)C2(CCCCC2)OC1=O. The lowest BCUT2D eigenvalue weighted by molar-refractivity contribution is -0.149. The molecule has 6 nitrogen and oxygen atoms in total. The number of ether oxygens (including phenoxy) is 1. The number of hydrogen-bond acceptors (Lipinski definition) is 5. The fourth-order valence-corrected chi connectivity index (χ4v) is 5.33. The second kappa shape index (κ2) is 8.33. The van der Waals surface area contributed by atoms with Gasteiger partial charge in [-0.1, -0.05) is 18.0 Å². The minimum Gasteiger partial charge on any atom is -0.507 e. The standard InChI is InChI=1S/C24H25ClFNO5S/c1-14-11-17(18-12-15(7-8-20(18)26)27(2)33(3,30)31)19(25)13-16(14)21-22(28)24(32-23(21)29)9-5-4-6-10-24/h7-8,11-13,28H,4-6,9-10H2,1-3H3. The van der Waals surface area contributed by atoms with E-state index in [4.69, 9.17) is 16.3 Å². The normalized spacial score (nSPS) is 18.0. The number of benzene rings is 2. The van der Waals surface area contributed by atoms with Crippen LogP contribution in [-0.4, -0.2) is 38.4 Å².